The van der Waals surface area contributed by atoms with Crippen LogP contribution in [0.3, 0.4) is 0 Å². The Labute approximate surface area is 106 Å². The van der Waals surface area contributed by atoms with Crippen molar-refractivity contribution >= 4 is 12.0 Å². The van der Waals surface area contributed by atoms with Gasteiger partial charge < -0.3 is 20.8 Å². The molecule has 0 aromatic carbocycles. The summed E-state index contributed by atoms with van der Waals surface area (Å²) in [4.78, 5) is 24.0. The van der Waals surface area contributed by atoms with E-state index in [4.69, 9.17) is 10.2 Å². The van der Waals surface area contributed by atoms with Crippen LogP contribution in [0.4, 0.5) is 4.79 Å². The van der Waals surface area contributed by atoms with Crippen LogP contribution in [0.15, 0.2) is 0 Å². The van der Waals surface area contributed by atoms with Crippen molar-refractivity contribution in [2.45, 2.75) is 31.9 Å². The van der Waals surface area contributed by atoms with Gasteiger partial charge in [-0.1, -0.05) is 0 Å². The Balaban J connectivity index is 2.14. The second-order valence-corrected chi connectivity index (χ2v) is 4.54. The van der Waals surface area contributed by atoms with Gasteiger partial charge in [-0.25, -0.2) is 9.59 Å². The maximum absolute atomic E-state index is 11.3. The summed E-state index contributed by atoms with van der Waals surface area (Å²) in [6.45, 7) is 4.37. The van der Waals surface area contributed by atoms with E-state index in [0.29, 0.717) is 6.54 Å². The summed E-state index contributed by atoms with van der Waals surface area (Å²) in [5.41, 5.74) is 0. The molecule has 0 radical (unpaired) electrons. The van der Waals surface area contributed by atoms with E-state index in [2.05, 4.69) is 15.5 Å². The van der Waals surface area contributed by atoms with Crippen LogP contribution < -0.4 is 10.6 Å². The Morgan fingerprint density at radius 1 is 1.22 bits per heavy atom. The average molecular weight is 259 g/mol. The highest BCUT2D eigenvalue weighted by Crippen LogP contribution is 2.10. The minimum atomic E-state index is -1.56. The summed E-state index contributed by atoms with van der Waals surface area (Å²) in [6.07, 6.45) is 0.828. The summed E-state index contributed by atoms with van der Waals surface area (Å²) in [5.74, 6) is -1.35. The van der Waals surface area contributed by atoms with Crippen LogP contribution in [-0.2, 0) is 4.79 Å². The Bertz CT molecular complexity index is 292. The van der Waals surface area contributed by atoms with Gasteiger partial charge in [0.2, 0.25) is 0 Å². The van der Waals surface area contributed by atoms with Gasteiger partial charge in [0, 0.05) is 12.6 Å². The van der Waals surface area contributed by atoms with Gasteiger partial charge in [0.05, 0.1) is 6.54 Å². The molecule has 104 valence electrons. The van der Waals surface area contributed by atoms with Gasteiger partial charge in [0.1, 0.15) is 0 Å². The average Bonchev–Trinajstić information content (AvgIpc) is 2.86. The Hall–Kier alpha value is -1.34. The largest absolute Gasteiger partial charge is 0.479 e. The minimum Gasteiger partial charge on any atom is -0.479 e. The number of carbonyl (C=O) groups is 2. The number of hydrogen-bond acceptors (Lipinski definition) is 4. The number of carbonyl (C=O) groups excluding carboxylic acids is 1. The van der Waals surface area contributed by atoms with Crippen molar-refractivity contribution in [1.82, 2.24) is 15.5 Å². The number of rotatable bonds is 6. The van der Waals surface area contributed by atoms with Gasteiger partial charge in [0.25, 0.3) is 0 Å². The number of hydrogen-bond donors (Lipinski definition) is 4. The van der Waals surface area contributed by atoms with Gasteiger partial charge >= 0.3 is 12.0 Å². The molecule has 1 rings (SSSR count). The molecule has 1 heterocycles. The van der Waals surface area contributed by atoms with E-state index >= 15 is 0 Å². The van der Waals surface area contributed by atoms with Crippen LogP contribution in [0.25, 0.3) is 0 Å². The number of urea groups is 1. The Kier molecular flexibility index (Phi) is 5.87. The number of amides is 2. The summed E-state index contributed by atoms with van der Waals surface area (Å²) in [7, 11) is 0. The normalized spacial score (nSPS) is 19.2. The molecule has 1 saturated heterocycles. The fourth-order valence-electron chi connectivity index (χ4n) is 1.89. The second kappa shape index (κ2) is 7.17. The minimum absolute atomic E-state index is 0.266. The lowest BCUT2D eigenvalue weighted by Crippen LogP contribution is -2.46. The van der Waals surface area contributed by atoms with Gasteiger partial charge in [-0.05, 0) is 32.9 Å². The lowest BCUT2D eigenvalue weighted by atomic mass is 10.3. The van der Waals surface area contributed by atoms with Gasteiger partial charge in [-0.2, -0.15) is 0 Å². The first-order valence-corrected chi connectivity index (χ1v) is 6.17. The zero-order chi connectivity index (χ0) is 13.5. The van der Waals surface area contributed by atoms with Crippen molar-refractivity contribution in [1.29, 1.82) is 0 Å². The van der Waals surface area contributed by atoms with Crippen molar-refractivity contribution in [3.8, 4) is 0 Å². The van der Waals surface area contributed by atoms with Crippen LogP contribution in [-0.4, -0.2) is 65.4 Å². The number of carboxylic acids is 1. The molecule has 0 aromatic rings. The number of nitrogens with zero attached hydrogens (tertiary/aromatic N) is 1. The van der Waals surface area contributed by atoms with Gasteiger partial charge in [-0.15, -0.1) is 0 Å². The van der Waals surface area contributed by atoms with E-state index in [0.717, 1.165) is 13.1 Å². The van der Waals surface area contributed by atoms with E-state index in [1.54, 1.807) is 0 Å². The predicted molar refractivity (Wildman–Crippen MR) is 65.3 cm³/mol. The third kappa shape index (κ3) is 4.89. The molecule has 0 bridgehead atoms. The lowest BCUT2D eigenvalue weighted by Gasteiger charge is -2.23. The molecule has 0 aliphatic carbocycles. The Morgan fingerprint density at radius 2 is 1.78 bits per heavy atom. The highest BCUT2D eigenvalue weighted by Gasteiger charge is 2.19. The molecule has 2 amide bonds. The third-order valence-corrected chi connectivity index (χ3v) is 3.06. The summed E-state index contributed by atoms with van der Waals surface area (Å²) in [6, 6.07) is -0.191. The van der Waals surface area contributed by atoms with Crippen LogP contribution in [0.1, 0.15) is 19.8 Å². The van der Waals surface area contributed by atoms with Crippen molar-refractivity contribution in [3.05, 3.63) is 0 Å². The second-order valence-electron chi connectivity index (χ2n) is 4.54. The molecule has 1 aliphatic heterocycles. The highest BCUT2D eigenvalue weighted by atomic mass is 16.4. The lowest BCUT2D eigenvalue weighted by molar-refractivity contribution is -0.146. The monoisotopic (exact) mass is 259 g/mol. The van der Waals surface area contributed by atoms with E-state index in [9.17, 15) is 9.59 Å². The quantitative estimate of drug-likeness (QED) is 0.501. The SMILES string of the molecule is CC(CNC(=O)NCC(O)C(=O)O)N1CCCC1. The van der Waals surface area contributed by atoms with Crippen LogP contribution >= 0.6 is 0 Å². The van der Waals surface area contributed by atoms with Crippen LogP contribution in [0, 0.1) is 0 Å². The molecule has 2 atom stereocenters. The number of aliphatic hydroxyl groups is 1. The van der Waals surface area contributed by atoms with Gasteiger partial charge in [-0.3, -0.25) is 4.90 Å². The summed E-state index contributed by atoms with van der Waals surface area (Å²) < 4.78 is 0. The maximum atomic E-state index is 11.3. The molecule has 1 aliphatic rings. The maximum Gasteiger partial charge on any atom is 0.334 e. The molecule has 18 heavy (non-hydrogen) atoms. The third-order valence-electron chi connectivity index (χ3n) is 3.06. The van der Waals surface area contributed by atoms with E-state index in [-0.39, 0.29) is 12.6 Å². The van der Waals surface area contributed by atoms with E-state index in [1.165, 1.54) is 12.8 Å². The van der Waals surface area contributed by atoms with Crippen molar-refractivity contribution in [2.75, 3.05) is 26.2 Å². The smallest absolute Gasteiger partial charge is 0.334 e. The molecule has 0 spiro atoms. The predicted octanol–water partition coefficient (Wildman–Crippen LogP) is -0.785. The standard InChI is InChI=1S/C11H21N3O4/c1-8(14-4-2-3-5-14)6-12-11(18)13-7-9(15)10(16)17/h8-9,15H,2-7H2,1H3,(H,16,17)(H2,12,13,18). The molecule has 7 heteroatoms. The number of likely N-dealkylation sites (tertiary alicyclic amines) is 1. The molecule has 7 nitrogen and oxygen atoms in total. The number of carboxylic acid groups (broad SMARTS) is 1. The molecule has 0 aromatic heterocycles. The zero-order valence-corrected chi connectivity index (χ0v) is 10.6. The Morgan fingerprint density at radius 3 is 2.33 bits per heavy atom. The van der Waals surface area contributed by atoms with Crippen molar-refractivity contribution < 1.29 is 19.8 Å². The fraction of sp³-hybridized carbons (Fsp3) is 0.818. The van der Waals surface area contributed by atoms with E-state index in [1.807, 2.05) is 6.92 Å². The molecule has 4 N–H and O–H groups in total. The molecular formula is C11H21N3O4. The van der Waals surface area contributed by atoms with Crippen molar-refractivity contribution in [2.24, 2.45) is 0 Å². The van der Waals surface area contributed by atoms with E-state index < -0.39 is 18.1 Å². The number of nitrogens with one attached hydrogen (secondary N) is 2. The highest BCUT2D eigenvalue weighted by molar-refractivity contribution is 5.76. The first-order chi connectivity index (χ1) is 8.50. The first-order valence-electron chi connectivity index (χ1n) is 6.17. The molecule has 1 fully saturated rings. The number of aliphatic carboxylic acids is 1. The summed E-state index contributed by atoms with van der Waals surface area (Å²) >= 11 is 0. The molecule has 2 unspecified atom stereocenters. The first kappa shape index (κ1) is 14.7. The summed E-state index contributed by atoms with van der Waals surface area (Å²) in [5, 5.41) is 22.4. The molecular weight excluding hydrogens is 238 g/mol. The molecule has 0 saturated carbocycles. The topological polar surface area (TPSA) is 102 Å². The van der Waals surface area contributed by atoms with Crippen molar-refractivity contribution in [3.63, 3.8) is 0 Å². The van der Waals surface area contributed by atoms with Crippen LogP contribution in [0.5, 0.6) is 0 Å². The zero-order valence-electron chi connectivity index (χ0n) is 10.6. The van der Waals surface area contributed by atoms with Gasteiger partial charge in [0.15, 0.2) is 6.10 Å². The fourth-order valence-corrected chi connectivity index (χ4v) is 1.89. The van der Waals surface area contributed by atoms with Crippen LogP contribution in [0.2, 0.25) is 0 Å². The number of aliphatic hydroxyl groups excluding tert-OH is 1.